The molecule has 98 valence electrons. The van der Waals surface area contributed by atoms with Crippen LogP contribution in [0.3, 0.4) is 0 Å². The van der Waals surface area contributed by atoms with Gasteiger partial charge in [0, 0.05) is 13.5 Å². The molecular weight excluding hydrogens is 238 g/mol. The molecule has 0 aromatic rings. The van der Waals surface area contributed by atoms with Gasteiger partial charge in [-0.15, -0.1) is 0 Å². The lowest BCUT2D eigenvalue weighted by molar-refractivity contribution is -0.314. The lowest BCUT2D eigenvalue weighted by atomic mass is 10.1. The molecule has 0 aliphatic heterocycles. The van der Waals surface area contributed by atoms with Crippen molar-refractivity contribution in [2.75, 3.05) is 13.2 Å². The molecule has 0 bridgehead atoms. The monoisotopic (exact) mass is 252 g/mol. The first kappa shape index (κ1) is 15.5. The van der Waals surface area contributed by atoms with E-state index in [1.54, 1.807) is 13.8 Å². The topological polar surface area (TPSA) is 9.23 Å². The first-order chi connectivity index (χ1) is 6.92. The second kappa shape index (κ2) is 4.81. The van der Waals surface area contributed by atoms with E-state index in [2.05, 4.69) is 4.74 Å². The fraction of sp³-hybridized carbons (Fsp3) is 1.00. The van der Waals surface area contributed by atoms with E-state index in [4.69, 9.17) is 0 Å². The normalized spacial score (nSPS) is 14.6. The summed E-state index contributed by atoms with van der Waals surface area (Å²) in [6.07, 6.45) is 0. The van der Waals surface area contributed by atoms with Crippen LogP contribution in [-0.4, -0.2) is 31.0 Å². The average molecular weight is 252 g/mol. The molecule has 0 heterocycles. The van der Waals surface area contributed by atoms with Crippen LogP contribution in [0.25, 0.3) is 0 Å². The van der Waals surface area contributed by atoms with E-state index in [1.165, 1.54) is 0 Å². The Morgan fingerprint density at radius 2 is 1.44 bits per heavy atom. The zero-order valence-electron chi connectivity index (χ0n) is 9.17. The highest BCUT2D eigenvalue weighted by Gasteiger charge is 2.69. The van der Waals surface area contributed by atoms with Crippen molar-refractivity contribution >= 4 is 0 Å². The van der Waals surface area contributed by atoms with Gasteiger partial charge >= 0.3 is 17.8 Å². The van der Waals surface area contributed by atoms with Crippen LogP contribution >= 0.6 is 0 Å². The van der Waals surface area contributed by atoms with Gasteiger partial charge in [0.1, 0.15) is 6.61 Å². The Hall–Kier alpha value is -0.460. The van der Waals surface area contributed by atoms with E-state index in [1.807, 2.05) is 0 Å². The summed E-state index contributed by atoms with van der Waals surface area (Å²) in [5, 5.41) is 0. The number of alkyl halides is 6. The summed E-state index contributed by atoms with van der Waals surface area (Å²) in [6.45, 7) is 1.07. The summed E-state index contributed by atoms with van der Waals surface area (Å²) in [5.41, 5.74) is 0. The molecule has 0 aliphatic rings. The number of rotatable bonds is 6. The van der Waals surface area contributed by atoms with Crippen molar-refractivity contribution in [1.82, 2.24) is 0 Å². The quantitative estimate of drug-likeness (QED) is 0.656. The van der Waals surface area contributed by atoms with Gasteiger partial charge in [0.05, 0.1) is 0 Å². The molecule has 0 fully saturated rings. The van der Waals surface area contributed by atoms with E-state index in [0.29, 0.717) is 0 Å². The zero-order chi connectivity index (χ0) is 13.2. The van der Waals surface area contributed by atoms with Gasteiger partial charge in [-0.1, -0.05) is 13.8 Å². The van der Waals surface area contributed by atoms with Crippen molar-refractivity contribution in [3.63, 3.8) is 0 Å². The molecule has 0 amide bonds. The third-order valence-electron chi connectivity index (χ3n) is 1.75. The molecule has 7 heteroatoms. The van der Waals surface area contributed by atoms with Gasteiger partial charge < -0.3 is 4.74 Å². The maximum Gasteiger partial charge on any atom is 0.373 e. The van der Waals surface area contributed by atoms with Crippen molar-refractivity contribution in [3.8, 4) is 0 Å². The molecule has 0 spiro atoms. The van der Waals surface area contributed by atoms with E-state index in [0.717, 1.165) is 0 Å². The minimum atomic E-state index is -5.42. The van der Waals surface area contributed by atoms with Gasteiger partial charge in [-0.25, -0.2) is 0 Å². The summed E-state index contributed by atoms with van der Waals surface area (Å²) in [4.78, 5) is 0. The second-order valence-electron chi connectivity index (χ2n) is 4.08. The third-order valence-corrected chi connectivity index (χ3v) is 1.75. The van der Waals surface area contributed by atoms with Crippen LogP contribution in [0.1, 0.15) is 20.8 Å². The van der Waals surface area contributed by atoms with Gasteiger partial charge in [0.2, 0.25) is 0 Å². The Bertz CT molecular complexity index is 221. The second-order valence-corrected chi connectivity index (χ2v) is 4.08. The van der Waals surface area contributed by atoms with Gasteiger partial charge in [0.25, 0.3) is 0 Å². The predicted molar refractivity (Wildman–Crippen MR) is 46.2 cm³/mol. The molecule has 0 radical (unpaired) electrons. The first-order valence-electron chi connectivity index (χ1n) is 4.63. The molecule has 0 aromatic carbocycles. The van der Waals surface area contributed by atoms with Crippen LogP contribution in [0, 0.1) is 5.92 Å². The van der Waals surface area contributed by atoms with Crippen molar-refractivity contribution < 1.29 is 31.1 Å². The van der Waals surface area contributed by atoms with Crippen LogP contribution in [0.2, 0.25) is 0 Å². The maximum atomic E-state index is 12.8. The molecular formula is C9H14F6O. The molecule has 16 heavy (non-hydrogen) atoms. The van der Waals surface area contributed by atoms with Crippen LogP contribution in [0.15, 0.2) is 0 Å². The lowest BCUT2D eigenvalue weighted by Crippen LogP contribution is -2.54. The van der Waals surface area contributed by atoms with Crippen molar-refractivity contribution in [2.24, 2.45) is 5.92 Å². The highest BCUT2D eigenvalue weighted by molar-refractivity contribution is 4.93. The average Bonchev–Trinajstić information content (AvgIpc) is 2.00. The third kappa shape index (κ3) is 3.54. The molecule has 0 saturated carbocycles. The zero-order valence-corrected chi connectivity index (χ0v) is 9.17. The highest BCUT2D eigenvalue weighted by Crippen LogP contribution is 2.45. The van der Waals surface area contributed by atoms with Gasteiger partial charge in [-0.3, -0.25) is 0 Å². The molecule has 0 unspecified atom stereocenters. The van der Waals surface area contributed by atoms with Crippen LogP contribution in [0.5, 0.6) is 0 Å². The van der Waals surface area contributed by atoms with E-state index in [9.17, 15) is 26.3 Å². The Balaban J connectivity index is 4.53. The molecule has 0 saturated heterocycles. The minimum absolute atomic E-state index is 0.147. The minimum Gasteiger partial charge on any atom is -0.375 e. The molecule has 1 nitrogen and oxygen atoms in total. The summed E-state index contributed by atoms with van der Waals surface area (Å²) in [5.74, 6) is -15.2. The van der Waals surface area contributed by atoms with E-state index >= 15 is 0 Å². The number of halogens is 6. The summed E-state index contributed by atoms with van der Waals surface area (Å²) < 4.78 is 79.8. The largest absolute Gasteiger partial charge is 0.375 e. The summed E-state index contributed by atoms with van der Waals surface area (Å²) in [7, 11) is 0. The fourth-order valence-electron chi connectivity index (χ4n) is 0.835. The first-order valence-corrected chi connectivity index (χ1v) is 4.63. The van der Waals surface area contributed by atoms with Crippen LogP contribution in [0.4, 0.5) is 26.3 Å². The Kier molecular flexibility index (Phi) is 4.67. The van der Waals surface area contributed by atoms with Crippen molar-refractivity contribution in [3.05, 3.63) is 0 Å². The molecule has 0 aromatic heterocycles. The van der Waals surface area contributed by atoms with Crippen LogP contribution in [-0.2, 0) is 4.74 Å². The molecule has 0 aliphatic carbocycles. The summed E-state index contributed by atoms with van der Waals surface area (Å²) in [6, 6.07) is 0. The van der Waals surface area contributed by atoms with Crippen molar-refractivity contribution in [2.45, 2.75) is 38.5 Å². The predicted octanol–water partition coefficient (Wildman–Crippen LogP) is 3.58. The standard InChI is InChI=1S/C9H14F6O/c1-6(2)4-16-5-8(12,13)9(14,15)7(3,10)11/h6H,4-5H2,1-3H3. The number of hydrogen-bond donors (Lipinski definition) is 0. The molecule has 0 atom stereocenters. The van der Waals surface area contributed by atoms with E-state index in [-0.39, 0.29) is 19.4 Å². The fourth-order valence-corrected chi connectivity index (χ4v) is 0.835. The number of ether oxygens (including phenoxy) is 1. The SMILES string of the molecule is CC(C)COCC(F)(F)C(F)(F)C(C)(F)F. The number of hydrogen-bond acceptors (Lipinski definition) is 1. The highest BCUT2D eigenvalue weighted by atomic mass is 19.3. The maximum absolute atomic E-state index is 12.8. The molecule has 0 N–H and O–H groups in total. The smallest absolute Gasteiger partial charge is 0.373 e. The lowest BCUT2D eigenvalue weighted by Gasteiger charge is -2.30. The van der Waals surface area contributed by atoms with Crippen LogP contribution < -0.4 is 0 Å². The Morgan fingerprint density at radius 1 is 1.00 bits per heavy atom. The van der Waals surface area contributed by atoms with Gasteiger partial charge in [0.15, 0.2) is 0 Å². The van der Waals surface area contributed by atoms with Crippen molar-refractivity contribution in [1.29, 1.82) is 0 Å². The van der Waals surface area contributed by atoms with Gasteiger partial charge in [-0.05, 0) is 5.92 Å². The van der Waals surface area contributed by atoms with E-state index < -0.39 is 24.4 Å². The summed E-state index contributed by atoms with van der Waals surface area (Å²) >= 11 is 0. The van der Waals surface area contributed by atoms with Gasteiger partial charge in [-0.2, -0.15) is 26.3 Å². The molecule has 0 rings (SSSR count). The Morgan fingerprint density at radius 3 is 1.75 bits per heavy atom. The Labute approximate surface area is 89.8 Å².